The summed E-state index contributed by atoms with van der Waals surface area (Å²) in [5.41, 5.74) is 6.41. The Kier molecular flexibility index (Phi) is 3.10. The van der Waals surface area contributed by atoms with Gasteiger partial charge in [-0.1, -0.05) is 0 Å². The van der Waals surface area contributed by atoms with Crippen molar-refractivity contribution in [3.05, 3.63) is 47.8 Å². The van der Waals surface area contributed by atoms with Gasteiger partial charge in [0.25, 0.3) is 0 Å². The summed E-state index contributed by atoms with van der Waals surface area (Å²) >= 11 is 0. The highest BCUT2D eigenvalue weighted by Gasteiger charge is 2.18. The number of nitrogen functional groups attached to an aromatic ring is 1. The molecule has 2 aromatic rings. The maximum Gasteiger partial charge on any atom is 0.142 e. The summed E-state index contributed by atoms with van der Waals surface area (Å²) in [5.74, 6) is 0.0349. The number of hydrogen-bond donors (Lipinski definition) is 2. The number of aliphatic hydroxyl groups excluding tert-OH is 1. The molecule has 17 heavy (non-hydrogen) atoms. The Morgan fingerprint density at radius 1 is 1.53 bits per heavy atom. The predicted molar refractivity (Wildman–Crippen MR) is 62.8 cm³/mol. The first-order valence-corrected chi connectivity index (χ1v) is 5.37. The van der Waals surface area contributed by atoms with E-state index in [0.29, 0.717) is 23.6 Å². The maximum absolute atomic E-state index is 13.1. The quantitative estimate of drug-likeness (QED) is 0.796. The molecule has 3 N–H and O–H groups in total. The fraction of sp³-hybridized carbons (Fsp3) is 0.250. The number of anilines is 1. The van der Waals surface area contributed by atoms with E-state index in [4.69, 9.17) is 5.73 Å². The topological polar surface area (TPSA) is 64.1 Å². The van der Waals surface area contributed by atoms with Crippen LogP contribution in [0.15, 0.2) is 30.6 Å². The van der Waals surface area contributed by atoms with Crippen molar-refractivity contribution in [3.8, 4) is 0 Å². The fourth-order valence-electron chi connectivity index (χ4n) is 1.76. The van der Waals surface area contributed by atoms with E-state index in [2.05, 4.69) is 4.98 Å². The van der Waals surface area contributed by atoms with Crippen molar-refractivity contribution in [1.29, 1.82) is 0 Å². The van der Waals surface area contributed by atoms with E-state index in [0.717, 1.165) is 0 Å². The number of nitrogens with two attached hydrogens (primary N) is 1. The number of aliphatic hydroxyl groups is 1. The van der Waals surface area contributed by atoms with Crippen LogP contribution in [0.2, 0.25) is 0 Å². The summed E-state index contributed by atoms with van der Waals surface area (Å²) in [6.07, 6.45) is 2.34. The van der Waals surface area contributed by atoms with Gasteiger partial charge in [0, 0.05) is 30.2 Å². The average Bonchev–Trinajstić information content (AvgIpc) is 2.79. The van der Waals surface area contributed by atoms with E-state index in [1.165, 1.54) is 18.2 Å². The third-order valence-electron chi connectivity index (χ3n) is 2.68. The van der Waals surface area contributed by atoms with E-state index >= 15 is 0 Å². The Balaban J connectivity index is 2.43. The molecule has 0 aliphatic rings. The third kappa shape index (κ3) is 2.14. The highest BCUT2D eigenvalue weighted by molar-refractivity contribution is 5.49. The number of rotatable bonds is 3. The van der Waals surface area contributed by atoms with Gasteiger partial charge in [-0.05, 0) is 25.1 Å². The first-order valence-electron chi connectivity index (χ1n) is 5.37. The van der Waals surface area contributed by atoms with E-state index in [9.17, 15) is 9.50 Å². The molecule has 90 valence electrons. The average molecular weight is 235 g/mol. The molecule has 1 aromatic carbocycles. The first-order chi connectivity index (χ1) is 8.13. The molecule has 0 radical (unpaired) electrons. The van der Waals surface area contributed by atoms with E-state index in [1.54, 1.807) is 17.0 Å². The highest BCUT2D eigenvalue weighted by atomic mass is 19.1. The summed E-state index contributed by atoms with van der Waals surface area (Å²) in [5, 5.41) is 10.2. The molecule has 4 nitrogen and oxygen atoms in total. The molecule has 0 aliphatic carbocycles. The smallest absolute Gasteiger partial charge is 0.142 e. The number of halogens is 1. The molecular formula is C12H14FN3O. The SMILES string of the molecule is CCn1ccnc1C(O)c1cc(F)ccc1N. The molecule has 0 saturated carbocycles. The van der Waals surface area contributed by atoms with Crippen LogP contribution in [0.5, 0.6) is 0 Å². The van der Waals surface area contributed by atoms with Crippen LogP contribution in [-0.2, 0) is 6.54 Å². The molecule has 0 spiro atoms. The molecule has 0 bridgehead atoms. The molecule has 1 unspecified atom stereocenters. The van der Waals surface area contributed by atoms with Gasteiger partial charge in [-0.2, -0.15) is 0 Å². The number of aryl methyl sites for hydroxylation is 1. The number of benzene rings is 1. The summed E-state index contributed by atoms with van der Waals surface area (Å²) in [4.78, 5) is 4.07. The zero-order valence-corrected chi connectivity index (χ0v) is 9.47. The molecule has 0 aliphatic heterocycles. The fourth-order valence-corrected chi connectivity index (χ4v) is 1.76. The van der Waals surface area contributed by atoms with E-state index < -0.39 is 11.9 Å². The molecule has 0 amide bonds. The Hall–Kier alpha value is -1.88. The summed E-state index contributed by atoms with van der Waals surface area (Å²) in [6.45, 7) is 2.62. The van der Waals surface area contributed by atoms with Gasteiger partial charge in [-0.25, -0.2) is 9.37 Å². The van der Waals surface area contributed by atoms with Gasteiger partial charge in [0.15, 0.2) is 0 Å². The van der Waals surface area contributed by atoms with Gasteiger partial charge in [0.05, 0.1) is 0 Å². The van der Waals surface area contributed by atoms with Crippen molar-refractivity contribution in [2.24, 2.45) is 0 Å². The van der Waals surface area contributed by atoms with Gasteiger partial charge < -0.3 is 15.4 Å². The van der Waals surface area contributed by atoms with Crippen LogP contribution in [0.3, 0.4) is 0 Å². The van der Waals surface area contributed by atoms with Gasteiger partial charge in [-0.15, -0.1) is 0 Å². The van der Waals surface area contributed by atoms with Crippen molar-refractivity contribution in [1.82, 2.24) is 9.55 Å². The third-order valence-corrected chi connectivity index (χ3v) is 2.68. The van der Waals surface area contributed by atoms with Gasteiger partial charge >= 0.3 is 0 Å². The molecule has 0 fully saturated rings. The Morgan fingerprint density at radius 2 is 2.29 bits per heavy atom. The lowest BCUT2D eigenvalue weighted by Crippen LogP contribution is -2.11. The first kappa shape index (κ1) is 11.6. The molecule has 1 atom stereocenters. The van der Waals surface area contributed by atoms with Crippen LogP contribution in [0.1, 0.15) is 24.4 Å². The van der Waals surface area contributed by atoms with Gasteiger partial charge in [-0.3, -0.25) is 0 Å². The lowest BCUT2D eigenvalue weighted by atomic mass is 10.1. The summed E-state index contributed by atoms with van der Waals surface area (Å²) in [6, 6.07) is 3.93. The second-order valence-corrected chi connectivity index (χ2v) is 3.75. The Bertz CT molecular complexity index is 524. The molecular weight excluding hydrogens is 221 g/mol. The molecule has 1 heterocycles. The standard InChI is InChI=1S/C12H14FN3O/c1-2-16-6-5-15-12(16)11(17)9-7-8(13)3-4-10(9)14/h3-7,11,17H,2,14H2,1H3. The molecule has 0 saturated heterocycles. The van der Waals surface area contributed by atoms with Crippen LogP contribution >= 0.6 is 0 Å². The zero-order chi connectivity index (χ0) is 12.4. The second kappa shape index (κ2) is 4.55. The van der Waals surface area contributed by atoms with Crippen molar-refractivity contribution < 1.29 is 9.50 Å². The van der Waals surface area contributed by atoms with Crippen molar-refractivity contribution in [2.75, 3.05) is 5.73 Å². The normalized spacial score (nSPS) is 12.6. The zero-order valence-electron chi connectivity index (χ0n) is 9.47. The van der Waals surface area contributed by atoms with Crippen LogP contribution in [0.4, 0.5) is 10.1 Å². The van der Waals surface area contributed by atoms with Gasteiger partial charge in [0.1, 0.15) is 17.7 Å². The van der Waals surface area contributed by atoms with Crippen LogP contribution in [0, 0.1) is 5.82 Å². The largest absolute Gasteiger partial charge is 0.398 e. The van der Waals surface area contributed by atoms with E-state index in [-0.39, 0.29) is 0 Å². The Labute approximate surface area is 98.5 Å². The Morgan fingerprint density at radius 3 is 3.00 bits per heavy atom. The monoisotopic (exact) mass is 235 g/mol. The van der Waals surface area contributed by atoms with Crippen molar-refractivity contribution in [2.45, 2.75) is 19.6 Å². The lowest BCUT2D eigenvalue weighted by molar-refractivity contribution is 0.205. The van der Waals surface area contributed by atoms with E-state index in [1.807, 2.05) is 6.92 Å². The molecule has 1 aromatic heterocycles. The molecule has 2 rings (SSSR count). The number of aromatic nitrogens is 2. The van der Waals surface area contributed by atoms with Crippen molar-refractivity contribution >= 4 is 5.69 Å². The lowest BCUT2D eigenvalue weighted by Gasteiger charge is -2.14. The summed E-state index contributed by atoms with van der Waals surface area (Å²) < 4.78 is 14.9. The van der Waals surface area contributed by atoms with Crippen molar-refractivity contribution in [3.63, 3.8) is 0 Å². The predicted octanol–water partition coefficient (Wildman–Crippen LogP) is 1.71. The second-order valence-electron chi connectivity index (χ2n) is 3.75. The number of imidazole rings is 1. The summed E-state index contributed by atoms with van der Waals surface area (Å²) in [7, 11) is 0. The minimum absolute atomic E-state index is 0.339. The van der Waals surface area contributed by atoms with Crippen LogP contribution in [-0.4, -0.2) is 14.7 Å². The molecule has 5 heteroatoms. The van der Waals surface area contributed by atoms with Crippen LogP contribution < -0.4 is 5.73 Å². The van der Waals surface area contributed by atoms with Gasteiger partial charge in [0.2, 0.25) is 0 Å². The highest BCUT2D eigenvalue weighted by Crippen LogP contribution is 2.26. The minimum Gasteiger partial charge on any atom is -0.398 e. The number of hydrogen-bond acceptors (Lipinski definition) is 3. The van der Waals surface area contributed by atoms with Crippen LogP contribution in [0.25, 0.3) is 0 Å². The maximum atomic E-state index is 13.1. The number of nitrogens with zero attached hydrogens (tertiary/aromatic N) is 2. The minimum atomic E-state index is -1.01.